The summed E-state index contributed by atoms with van der Waals surface area (Å²) < 4.78 is 0. The van der Waals surface area contributed by atoms with Crippen molar-refractivity contribution in [3.05, 3.63) is 34.9 Å². The molecule has 0 aliphatic carbocycles. The van der Waals surface area contributed by atoms with E-state index in [9.17, 15) is 4.79 Å². The van der Waals surface area contributed by atoms with Crippen LogP contribution in [0.15, 0.2) is 24.3 Å². The number of benzene rings is 1. The number of hydrogen-bond donors (Lipinski definition) is 1. The summed E-state index contributed by atoms with van der Waals surface area (Å²) in [4.78, 5) is 14.6. The molecule has 0 spiro atoms. The summed E-state index contributed by atoms with van der Waals surface area (Å²) in [7, 11) is 0. The van der Waals surface area contributed by atoms with Gasteiger partial charge in [0.2, 0.25) is 0 Å². The Morgan fingerprint density at radius 2 is 2.11 bits per heavy atom. The first-order valence-electron chi connectivity index (χ1n) is 6.85. The smallest absolute Gasteiger partial charge is 0.254 e. The topological polar surface area (TPSA) is 32.3 Å². The van der Waals surface area contributed by atoms with Gasteiger partial charge in [-0.15, -0.1) is 0 Å². The SMILES string of the molecule is CC(C)CN(C(=O)c1ccc(Cl)cc1)[C@H]1CCNC1. The molecule has 2 rings (SSSR count). The van der Waals surface area contributed by atoms with E-state index in [0.29, 0.717) is 17.0 Å². The van der Waals surface area contributed by atoms with Gasteiger partial charge in [-0.3, -0.25) is 4.79 Å². The van der Waals surface area contributed by atoms with E-state index in [1.807, 2.05) is 4.90 Å². The highest BCUT2D eigenvalue weighted by atomic mass is 35.5. The molecule has 1 heterocycles. The summed E-state index contributed by atoms with van der Waals surface area (Å²) in [5, 5.41) is 3.99. The van der Waals surface area contributed by atoms with E-state index in [2.05, 4.69) is 19.2 Å². The third-order valence-corrected chi connectivity index (χ3v) is 3.64. The first-order chi connectivity index (χ1) is 9.08. The van der Waals surface area contributed by atoms with Gasteiger partial charge in [0.1, 0.15) is 0 Å². The maximum Gasteiger partial charge on any atom is 0.254 e. The van der Waals surface area contributed by atoms with Gasteiger partial charge in [-0.05, 0) is 43.1 Å². The van der Waals surface area contributed by atoms with Crippen LogP contribution in [0.4, 0.5) is 0 Å². The lowest BCUT2D eigenvalue weighted by molar-refractivity contribution is 0.0667. The highest BCUT2D eigenvalue weighted by molar-refractivity contribution is 6.30. The Kier molecular flexibility index (Phi) is 4.83. The molecule has 1 saturated heterocycles. The van der Waals surface area contributed by atoms with Crippen molar-refractivity contribution in [1.82, 2.24) is 10.2 Å². The molecule has 0 bridgehead atoms. The van der Waals surface area contributed by atoms with Gasteiger partial charge in [0.15, 0.2) is 0 Å². The van der Waals surface area contributed by atoms with Gasteiger partial charge in [-0.2, -0.15) is 0 Å². The van der Waals surface area contributed by atoms with Gasteiger partial charge in [-0.25, -0.2) is 0 Å². The van der Waals surface area contributed by atoms with Crippen molar-refractivity contribution >= 4 is 17.5 Å². The normalized spacial score (nSPS) is 18.8. The van der Waals surface area contributed by atoms with Gasteiger partial charge >= 0.3 is 0 Å². The van der Waals surface area contributed by atoms with Crippen molar-refractivity contribution in [2.45, 2.75) is 26.3 Å². The highest BCUT2D eigenvalue weighted by Crippen LogP contribution is 2.17. The fourth-order valence-electron chi connectivity index (χ4n) is 2.45. The first-order valence-corrected chi connectivity index (χ1v) is 7.23. The maximum absolute atomic E-state index is 12.6. The van der Waals surface area contributed by atoms with Gasteiger partial charge in [0.05, 0.1) is 0 Å². The third kappa shape index (κ3) is 3.71. The molecule has 1 N–H and O–H groups in total. The number of carbonyl (C=O) groups excluding carboxylic acids is 1. The average molecular weight is 281 g/mol. The molecule has 1 atom stereocenters. The average Bonchev–Trinajstić information content (AvgIpc) is 2.89. The lowest BCUT2D eigenvalue weighted by Crippen LogP contribution is -2.43. The van der Waals surface area contributed by atoms with Crippen LogP contribution in [-0.4, -0.2) is 36.5 Å². The predicted octanol–water partition coefficient (Wildman–Crippen LogP) is 2.80. The van der Waals surface area contributed by atoms with Crippen molar-refractivity contribution in [3.8, 4) is 0 Å². The molecule has 1 amide bonds. The largest absolute Gasteiger partial charge is 0.334 e. The molecule has 0 unspecified atom stereocenters. The number of halogens is 1. The summed E-state index contributed by atoms with van der Waals surface area (Å²) in [6, 6.07) is 7.47. The molecule has 1 aliphatic heterocycles. The summed E-state index contributed by atoms with van der Waals surface area (Å²) >= 11 is 5.87. The molecular weight excluding hydrogens is 260 g/mol. The van der Waals surface area contributed by atoms with Crippen molar-refractivity contribution in [2.24, 2.45) is 5.92 Å². The zero-order chi connectivity index (χ0) is 13.8. The first kappa shape index (κ1) is 14.4. The van der Waals surface area contributed by atoms with Crippen LogP contribution in [0, 0.1) is 5.92 Å². The molecule has 1 aromatic carbocycles. The van der Waals surface area contributed by atoms with Crippen molar-refractivity contribution in [3.63, 3.8) is 0 Å². The van der Waals surface area contributed by atoms with Crippen LogP contribution in [0.1, 0.15) is 30.6 Å². The second-order valence-electron chi connectivity index (χ2n) is 5.50. The van der Waals surface area contributed by atoms with Crippen molar-refractivity contribution in [2.75, 3.05) is 19.6 Å². The van der Waals surface area contributed by atoms with E-state index in [0.717, 1.165) is 31.6 Å². The van der Waals surface area contributed by atoms with Crippen LogP contribution in [0.3, 0.4) is 0 Å². The molecule has 0 aromatic heterocycles. The van der Waals surface area contributed by atoms with Crippen LogP contribution >= 0.6 is 11.6 Å². The molecule has 3 nitrogen and oxygen atoms in total. The standard InChI is InChI=1S/C15H21ClN2O/c1-11(2)10-18(14-7-8-17-9-14)15(19)12-3-5-13(16)6-4-12/h3-6,11,14,17H,7-10H2,1-2H3/t14-/m0/s1. The van der Waals surface area contributed by atoms with Crippen LogP contribution in [-0.2, 0) is 0 Å². The quantitative estimate of drug-likeness (QED) is 0.920. The van der Waals surface area contributed by atoms with Gasteiger partial charge in [0.25, 0.3) is 5.91 Å². The third-order valence-electron chi connectivity index (χ3n) is 3.39. The fourth-order valence-corrected chi connectivity index (χ4v) is 2.58. The zero-order valence-corrected chi connectivity index (χ0v) is 12.3. The lowest BCUT2D eigenvalue weighted by Gasteiger charge is -2.30. The lowest BCUT2D eigenvalue weighted by atomic mass is 10.1. The van der Waals surface area contributed by atoms with Gasteiger partial charge < -0.3 is 10.2 Å². The van der Waals surface area contributed by atoms with E-state index in [-0.39, 0.29) is 5.91 Å². The molecule has 0 radical (unpaired) electrons. The molecule has 4 heteroatoms. The van der Waals surface area contributed by atoms with Gasteiger partial charge in [0, 0.05) is 29.7 Å². The molecule has 1 aliphatic rings. The Morgan fingerprint density at radius 1 is 1.42 bits per heavy atom. The molecule has 104 valence electrons. The number of hydrogen-bond acceptors (Lipinski definition) is 2. The minimum atomic E-state index is 0.110. The fraction of sp³-hybridized carbons (Fsp3) is 0.533. The van der Waals surface area contributed by atoms with Gasteiger partial charge in [-0.1, -0.05) is 25.4 Å². The minimum Gasteiger partial charge on any atom is -0.334 e. The molecule has 0 saturated carbocycles. The van der Waals surface area contributed by atoms with E-state index in [1.54, 1.807) is 24.3 Å². The number of amides is 1. The second-order valence-corrected chi connectivity index (χ2v) is 5.94. The van der Waals surface area contributed by atoms with E-state index in [1.165, 1.54) is 0 Å². The van der Waals surface area contributed by atoms with E-state index < -0.39 is 0 Å². The van der Waals surface area contributed by atoms with E-state index in [4.69, 9.17) is 11.6 Å². The Balaban J connectivity index is 2.16. The minimum absolute atomic E-state index is 0.110. The van der Waals surface area contributed by atoms with E-state index >= 15 is 0 Å². The molecule has 1 fully saturated rings. The second kappa shape index (κ2) is 6.40. The molecule has 1 aromatic rings. The Labute approximate surface area is 119 Å². The maximum atomic E-state index is 12.6. The summed E-state index contributed by atoms with van der Waals surface area (Å²) in [6.45, 7) is 6.97. The van der Waals surface area contributed by atoms with Crippen LogP contribution in [0.25, 0.3) is 0 Å². The Hall–Kier alpha value is -1.06. The van der Waals surface area contributed by atoms with Crippen molar-refractivity contribution < 1.29 is 4.79 Å². The molecule has 19 heavy (non-hydrogen) atoms. The summed E-state index contributed by atoms with van der Waals surface area (Å²) in [6.07, 6.45) is 1.03. The number of nitrogens with one attached hydrogen (secondary N) is 1. The summed E-state index contributed by atoms with van der Waals surface area (Å²) in [5.41, 5.74) is 0.719. The Morgan fingerprint density at radius 3 is 2.63 bits per heavy atom. The number of carbonyl (C=O) groups is 1. The zero-order valence-electron chi connectivity index (χ0n) is 11.5. The Bertz CT molecular complexity index is 424. The number of nitrogens with zero attached hydrogens (tertiary/aromatic N) is 1. The van der Waals surface area contributed by atoms with Crippen molar-refractivity contribution in [1.29, 1.82) is 0 Å². The van der Waals surface area contributed by atoms with Crippen LogP contribution in [0.5, 0.6) is 0 Å². The predicted molar refractivity (Wildman–Crippen MR) is 78.6 cm³/mol. The number of rotatable bonds is 4. The summed E-state index contributed by atoms with van der Waals surface area (Å²) in [5.74, 6) is 0.580. The molecular formula is C15H21ClN2O. The van der Waals surface area contributed by atoms with Crippen LogP contribution in [0.2, 0.25) is 5.02 Å². The van der Waals surface area contributed by atoms with Crippen LogP contribution < -0.4 is 5.32 Å². The highest BCUT2D eigenvalue weighted by Gasteiger charge is 2.27. The monoisotopic (exact) mass is 280 g/mol.